The number of aliphatic hydroxyl groups excluding tert-OH is 1. The molecule has 102 valence electrons. The van der Waals surface area contributed by atoms with Crippen molar-refractivity contribution in [1.29, 1.82) is 0 Å². The van der Waals surface area contributed by atoms with Crippen LogP contribution < -0.4 is 5.32 Å². The van der Waals surface area contributed by atoms with Crippen molar-refractivity contribution in [3.63, 3.8) is 0 Å². The summed E-state index contributed by atoms with van der Waals surface area (Å²) in [7, 11) is 4.10. The fourth-order valence-electron chi connectivity index (χ4n) is 1.89. The first-order valence-corrected chi connectivity index (χ1v) is 6.47. The SMILES string of the molecule is Cc1ccc(C(C)(CO)NCCN(C)C)cc1C. The topological polar surface area (TPSA) is 35.5 Å². The van der Waals surface area contributed by atoms with Crippen LogP contribution in [0.1, 0.15) is 23.6 Å². The van der Waals surface area contributed by atoms with Crippen LogP contribution in [0.4, 0.5) is 0 Å². The van der Waals surface area contributed by atoms with Gasteiger partial charge in [0.1, 0.15) is 0 Å². The normalized spacial score (nSPS) is 14.8. The summed E-state index contributed by atoms with van der Waals surface area (Å²) in [5, 5.41) is 13.1. The zero-order valence-corrected chi connectivity index (χ0v) is 12.2. The van der Waals surface area contributed by atoms with E-state index in [9.17, 15) is 5.11 Å². The number of benzene rings is 1. The largest absolute Gasteiger partial charge is 0.394 e. The van der Waals surface area contributed by atoms with Crippen LogP contribution in [0, 0.1) is 13.8 Å². The number of likely N-dealkylation sites (N-methyl/N-ethyl adjacent to an activating group) is 1. The molecule has 0 amide bonds. The molecule has 0 radical (unpaired) electrons. The average Bonchev–Trinajstić information content (AvgIpc) is 2.32. The molecule has 18 heavy (non-hydrogen) atoms. The van der Waals surface area contributed by atoms with Crippen LogP contribution in [0.15, 0.2) is 18.2 Å². The van der Waals surface area contributed by atoms with Gasteiger partial charge in [-0.25, -0.2) is 0 Å². The van der Waals surface area contributed by atoms with E-state index in [1.807, 2.05) is 21.0 Å². The Balaban J connectivity index is 2.82. The van der Waals surface area contributed by atoms with Gasteiger partial charge in [-0.3, -0.25) is 0 Å². The van der Waals surface area contributed by atoms with Crippen molar-refractivity contribution in [3.8, 4) is 0 Å². The zero-order chi connectivity index (χ0) is 13.8. The molecule has 0 aliphatic heterocycles. The second kappa shape index (κ2) is 6.32. The van der Waals surface area contributed by atoms with E-state index in [1.54, 1.807) is 0 Å². The van der Waals surface area contributed by atoms with Gasteiger partial charge in [0.05, 0.1) is 12.1 Å². The third-order valence-electron chi connectivity index (χ3n) is 3.53. The Hall–Kier alpha value is -0.900. The molecule has 3 heteroatoms. The first-order valence-electron chi connectivity index (χ1n) is 6.47. The van der Waals surface area contributed by atoms with Gasteiger partial charge < -0.3 is 15.3 Å². The summed E-state index contributed by atoms with van der Waals surface area (Å²) >= 11 is 0. The molecular formula is C15H26N2O. The van der Waals surface area contributed by atoms with Crippen molar-refractivity contribution in [1.82, 2.24) is 10.2 Å². The minimum absolute atomic E-state index is 0.100. The lowest BCUT2D eigenvalue weighted by Gasteiger charge is -2.30. The molecule has 0 fully saturated rings. The molecule has 0 heterocycles. The Kier molecular flexibility index (Phi) is 5.32. The average molecular weight is 250 g/mol. The molecule has 0 saturated heterocycles. The molecule has 0 aliphatic rings. The summed E-state index contributed by atoms with van der Waals surface area (Å²) in [6.07, 6.45) is 0. The number of hydrogen-bond donors (Lipinski definition) is 2. The van der Waals surface area contributed by atoms with Crippen LogP contribution in [0.3, 0.4) is 0 Å². The van der Waals surface area contributed by atoms with Crippen molar-refractivity contribution in [3.05, 3.63) is 34.9 Å². The van der Waals surface area contributed by atoms with Crippen LogP contribution in [-0.4, -0.2) is 43.8 Å². The predicted molar refractivity (Wildman–Crippen MR) is 76.9 cm³/mol. The van der Waals surface area contributed by atoms with E-state index in [-0.39, 0.29) is 12.1 Å². The maximum absolute atomic E-state index is 9.69. The molecule has 1 aromatic carbocycles. The molecule has 0 aliphatic carbocycles. The predicted octanol–water partition coefficient (Wildman–Crippen LogP) is 1.66. The molecule has 1 aromatic rings. The highest BCUT2D eigenvalue weighted by atomic mass is 16.3. The first-order chi connectivity index (χ1) is 8.39. The lowest BCUT2D eigenvalue weighted by molar-refractivity contribution is 0.172. The van der Waals surface area contributed by atoms with E-state index in [2.05, 4.69) is 42.3 Å². The molecule has 0 saturated carbocycles. The van der Waals surface area contributed by atoms with Crippen LogP contribution in [0.5, 0.6) is 0 Å². The summed E-state index contributed by atoms with van der Waals surface area (Å²) in [5.41, 5.74) is 3.33. The van der Waals surface area contributed by atoms with Crippen molar-refractivity contribution < 1.29 is 5.11 Å². The zero-order valence-electron chi connectivity index (χ0n) is 12.2. The summed E-state index contributed by atoms with van der Waals surface area (Å²) in [4.78, 5) is 2.13. The Morgan fingerprint density at radius 1 is 1.22 bits per heavy atom. The first kappa shape index (κ1) is 15.2. The Morgan fingerprint density at radius 3 is 2.39 bits per heavy atom. The van der Waals surface area contributed by atoms with Gasteiger partial charge in [0.15, 0.2) is 0 Å². The molecule has 0 bridgehead atoms. The summed E-state index contributed by atoms with van der Waals surface area (Å²) in [6.45, 7) is 8.18. The van der Waals surface area contributed by atoms with Crippen molar-refractivity contribution >= 4 is 0 Å². The van der Waals surface area contributed by atoms with Gasteiger partial charge in [-0.15, -0.1) is 0 Å². The molecular weight excluding hydrogens is 224 g/mol. The second-order valence-electron chi connectivity index (χ2n) is 5.52. The molecule has 2 N–H and O–H groups in total. The Morgan fingerprint density at radius 2 is 1.89 bits per heavy atom. The number of nitrogens with zero attached hydrogens (tertiary/aromatic N) is 1. The highest BCUT2D eigenvalue weighted by Gasteiger charge is 2.25. The molecule has 1 atom stereocenters. The lowest BCUT2D eigenvalue weighted by Crippen LogP contribution is -2.45. The van der Waals surface area contributed by atoms with E-state index in [0.29, 0.717) is 0 Å². The summed E-state index contributed by atoms with van der Waals surface area (Å²) in [6, 6.07) is 6.38. The minimum Gasteiger partial charge on any atom is -0.394 e. The Bertz CT molecular complexity index is 390. The van der Waals surface area contributed by atoms with E-state index in [1.165, 1.54) is 11.1 Å². The van der Waals surface area contributed by atoms with Gasteiger partial charge in [-0.05, 0) is 51.6 Å². The third-order valence-corrected chi connectivity index (χ3v) is 3.53. The van der Waals surface area contributed by atoms with Crippen LogP contribution in [0.2, 0.25) is 0 Å². The maximum Gasteiger partial charge on any atom is 0.0652 e. The van der Waals surface area contributed by atoms with Gasteiger partial charge in [0.2, 0.25) is 0 Å². The maximum atomic E-state index is 9.69. The minimum atomic E-state index is -0.367. The van der Waals surface area contributed by atoms with Gasteiger partial charge in [-0.1, -0.05) is 18.2 Å². The Labute approximate surface area is 111 Å². The molecule has 3 nitrogen and oxygen atoms in total. The standard InChI is InChI=1S/C15H26N2O/c1-12-6-7-14(10-13(12)2)15(3,11-18)16-8-9-17(4)5/h6-7,10,16,18H,8-9,11H2,1-5H3. The highest BCUT2D eigenvalue weighted by molar-refractivity contribution is 5.34. The fourth-order valence-corrected chi connectivity index (χ4v) is 1.89. The van der Waals surface area contributed by atoms with Crippen molar-refractivity contribution in [2.75, 3.05) is 33.8 Å². The summed E-state index contributed by atoms with van der Waals surface area (Å²) < 4.78 is 0. The second-order valence-corrected chi connectivity index (χ2v) is 5.52. The third kappa shape index (κ3) is 3.80. The van der Waals surface area contributed by atoms with Crippen LogP contribution in [0.25, 0.3) is 0 Å². The quantitative estimate of drug-likeness (QED) is 0.806. The number of aryl methyl sites for hydroxylation is 2. The summed E-state index contributed by atoms with van der Waals surface area (Å²) in [5.74, 6) is 0. The van der Waals surface area contributed by atoms with Crippen LogP contribution >= 0.6 is 0 Å². The van der Waals surface area contributed by atoms with E-state index in [0.717, 1.165) is 18.7 Å². The number of rotatable bonds is 6. The molecule has 1 rings (SSSR count). The molecule has 1 unspecified atom stereocenters. The van der Waals surface area contributed by atoms with E-state index >= 15 is 0 Å². The lowest BCUT2D eigenvalue weighted by atomic mass is 9.90. The molecule has 0 aromatic heterocycles. The van der Waals surface area contributed by atoms with Gasteiger partial charge in [-0.2, -0.15) is 0 Å². The van der Waals surface area contributed by atoms with E-state index < -0.39 is 0 Å². The van der Waals surface area contributed by atoms with Gasteiger partial charge in [0.25, 0.3) is 0 Å². The number of nitrogens with one attached hydrogen (secondary N) is 1. The molecule has 0 spiro atoms. The fraction of sp³-hybridized carbons (Fsp3) is 0.600. The van der Waals surface area contributed by atoms with Crippen molar-refractivity contribution in [2.24, 2.45) is 0 Å². The number of hydrogen-bond acceptors (Lipinski definition) is 3. The van der Waals surface area contributed by atoms with Crippen LogP contribution in [-0.2, 0) is 5.54 Å². The number of aliphatic hydroxyl groups is 1. The van der Waals surface area contributed by atoms with E-state index in [4.69, 9.17) is 0 Å². The van der Waals surface area contributed by atoms with Gasteiger partial charge in [0, 0.05) is 13.1 Å². The van der Waals surface area contributed by atoms with Crippen molar-refractivity contribution in [2.45, 2.75) is 26.3 Å². The van der Waals surface area contributed by atoms with Gasteiger partial charge >= 0.3 is 0 Å². The highest BCUT2D eigenvalue weighted by Crippen LogP contribution is 2.22. The smallest absolute Gasteiger partial charge is 0.0652 e. The monoisotopic (exact) mass is 250 g/mol.